The number of benzene rings is 1. The van der Waals surface area contributed by atoms with E-state index < -0.39 is 5.97 Å². The van der Waals surface area contributed by atoms with Crippen LogP contribution < -0.4 is 5.73 Å². The lowest BCUT2D eigenvalue weighted by Gasteiger charge is -2.09. The Kier molecular flexibility index (Phi) is 3.41. The van der Waals surface area contributed by atoms with E-state index in [-0.39, 0.29) is 11.4 Å². The van der Waals surface area contributed by atoms with Gasteiger partial charge in [0.25, 0.3) is 0 Å². The van der Waals surface area contributed by atoms with E-state index in [1.807, 2.05) is 0 Å². The lowest BCUT2D eigenvalue weighted by molar-refractivity contribution is 0.0696. The number of rotatable bonds is 2. The summed E-state index contributed by atoms with van der Waals surface area (Å²) in [7, 11) is 0. The van der Waals surface area contributed by atoms with Crippen molar-refractivity contribution in [3.05, 3.63) is 46.1 Å². The fourth-order valence-electron chi connectivity index (χ4n) is 1.52. The molecule has 18 heavy (non-hydrogen) atoms. The van der Waals surface area contributed by atoms with E-state index in [2.05, 4.69) is 4.98 Å². The van der Waals surface area contributed by atoms with Gasteiger partial charge in [-0.15, -0.1) is 0 Å². The molecule has 0 radical (unpaired) electrons. The zero-order valence-corrected chi connectivity index (χ0v) is 10.5. The molecular weight excluding hydrogens is 275 g/mol. The lowest BCUT2D eigenvalue weighted by atomic mass is 10.0. The minimum absolute atomic E-state index is 0.0373. The zero-order valence-electron chi connectivity index (χ0n) is 9.02. The summed E-state index contributed by atoms with van der Waals surface area (Å²) in [6.07, 6.45) is 1.19. The number of hydrogen-bond donors (Lipinski definition) is 2. The summed E-state index contributed by atoms with van der Waals surface area (Å²) in [5, 5.41) is 9.62. The molecule has 0 unspecified atom stereocenters. The van der Waals surface area contributed by atoms with Crippen LogP contribution in [0.5, 0.6) is 0 Å². The van der Waals surface area contributed by atoms with Crippen molar-refractivity contribution in [1.29, 1.82) is 0 Å². The Labute approximate surface area is 113 Å². The maximum atomic E-state index is 10.9. The van der Waals surface area contributed by atoms with Crippen LogP contribution in [0.4, 0.5) is 5.82 Å². The molecule has 0 amide bonds. The topological polar surface area (TPSA) is 76.2 Å². The van der Waals surface area contributed by atoms with Gasteiger partial charge in [-0.05, 0) is 12.1 Å². The van der Waals surface area contributed by atoms with Gasteiger partial charge in [-0.25, -0.2) is 9.78 Å². The Balaban J connectivity index is 2.66. The summed E-state index contributed by atoms with van der Waals surface area (Å²) in [6, 6.07) is 6.46. The normalized spacial score (nSPS) is 10.3. The first-order chi connectivity index (χ1) is 8.50. The Morgan fingerprint density at radius 1 is 1.28 bits per heavy atom. The Morgan fingerprint density at radius 3 is 2.67 bits per heavy atom. The van der Waals surface area contributed by atoms with Crippen LogP contribution in [0.1, 0.15) is 10.4 Å². The second-order valence-electron chi connectivity index (χ2n) is 3.56. The van der Waals surface area contributed by atoms with Gasteiger partial charge in [-0.1, -0.05) is 35.3 Å². The molecule has 0 aliphatic heterocycles. The number of aromatic nitrogens is 1. The molecule has 0 spiro atoms. The molecule has 0 aliphatic carbocycles. The lowest BCUT2D eigenvalue weighted by Crippen LogP contribution is -2.01. The van der Waals surface area contributed by atoms with Crippen LogP contribution in [0.2, 0.25) is 10.0 Å². The molecule has 2 rings (SSSR count). The first-order valence-corrected chi connectivity index (χ1v) is 5.69. The molecule has 1 aromatic heterocycles. The smallest absolute Gasteiger partial charge is 0.337 e. The molecule has 0 atom stereocenters. The largest absolute Gasteiger partial charge is 0.478 e. The molecule has 0 saturated carbocycles. The van der Waals surface area contributed by atoms with Crippen LogP contribution in [0.15, 0.2) is 30.5 Å². The predicted molar refractivity (Wildman–Crippen MR) is 71.1 cm³/mol. The highest BCUT2D eigenvalue weighted by atomic mass is 35.5. The minimum Gasteiger partial charge on any atom is -0.478 e. The van der Waals surface area contributed by atoms with Crippen LogP contribution in [0.25, 0.3) is 11.1 Å². The van der Waals surface area contributed by atoms with Crippen molar-refractivity contribution in [2.24, 2.45) is 0 Å². The highest BCUT2D eigenvalue weighted by Gasteiger charge is 2.13. The Hall–Kier alpha value is -1.78. The van der Waals surface area contributed by atoms with Crippen LogP contribution in [0, 0.1) is 0 Å². The highest BCUT2D eigenvalue weighted by Crippen LogP contribution is 2.35. The number of anilines is 1. The number of pyridine rings is 1. The molecule has 0 aliphatic rings. The third-order valence-corrected chi connectivity index (χ3v) is 3.23. The molecular formula is C12H8Cl2N2O2. The third-order valence-electron chi connectivity index (χ3n) is 2.41. The molecule has 6 heteroatoms. The van der Waals surface area contributed by atoms with Gasteiger partial charge in [0.2, 0.25) is 0 Å². The first kappa shape index (κ1) is 12.7. The van der Waals surface area contributed by atoms with E-state index in [9.17, 15) is 4.79 Å². The van der Waals surface area contributed by atoms with Crippen LogP contribution >= 0.6 is 23.2 Å². The van der Waals surface area contributed by atoms with Crippen LogP contribution in [-0.4, -0.2) is 16.1 Å². The number of carboxylic acid groups (broad SMARTS) is 1. The molecule has 1 aromatic carbocycles. The fraction of sp³-hybridized carbons (Fsp3) is 0. The average Bonchev–Trinajstić information content (AvgIpc) is 2.33. The molecule has 0 bridgehead atoms. The number of aromatic carboxylic acids is 1. The monoisotopic (exact) mass is 282 g/mol. The highest BCUT2D eigenvalue weighted by molar-refractivity contribution is 6.43. The fourth-order valence-corrected chi connectivity index (χ4v) is 1.92. The van der Waals surface area contributed by atoms with E-state index in [0.29, 0.717) is 21.2 Å². The molecule has 2 aromatic rings. The number of carboxylic acids is 1. The van der Waals surface area contributed by atoms with Gasteiger partial charge < -0.3 is 10.8 Å². The summed E-state index contributed by atoms with van der Waals surface area (Å²) in [4.78, 5) is 14.8. The molecule has 4 nitrogen and oxygen atoms in total. The zero-order chi connectivity index (χ0) is 13.3. The molecule has 3 N–H and O–H groups in total. The number of nitrogen functional groups attached to an aromatic ring is 1. The van der Waals surface area contributed by atoms with E-state index in [4.69, 9.17) is 34.0 Å². The summed E-state index contributed by atoms with van der Waals surface area (Å²) in [6.45, 7) is 0. The van der Waals surface area contributed by atoms with Crippen molar-refractivity contribution in [3.63, 3.8) is 0 Å². The second kappa shape index (κ2) is 4.84. The van der Waals surface area contributed by atoms with Gasteiger partial charge in [-0.2, -0.15) is 0 Å². The van der Waals surface area contributed by atoms with E-state index in [1.54, 1.807) is 18.2 Å². The number of hydrogen-bond acceptors (Lipinski definition) is 3. The van der Waals surface area contributed by atoms with Gasteiger partial charge in [-0.3, -0.25) is 0 Å². The summed E-state index contributed by atoms with van der Waals surface area (Å²) in [5.74, 6) is -0.883. The van der Waals surface area contributed by atoms with E-state index >= 15 is 0 Å². The number of nitrogens with zero attached hydrogens (tertiary/aromatic N) is 1. The van der Waals surface area contributed by atoms with Crippen molar-refractivity contribution in [1.82, 2.24) is 4.98 Å². The number of carbonyl (C=O) groups is 1. The Morgan fingerprint density at radius 2 is 2.00 bits per heavy atom. The van der Waals surface area contributed by atoms with Crippen molar-refractivity contribution < 1.29 is 9.90 Å². The van der Waals surface area contributed by atoms with Gasteiger partial charge in [0.1, 0.15) is 5.82 Å². The van der Waals surface area contributed by atoms with Gasteiger partial charge >= 0.3 is 5.97 Å². The van der Waals surface area contributed by atoms with E-state index in [0.717, 1.165) is 0 Å². The first-order valence-electron chi connectivity index (χ1n) is 4.94. The maximum Gasteiger partial charge on any atom is 0.337 e. The number of halogens is 2. The maximum absolute atomic E-state index is 10.9. The van der Waals surface area contributed by atoms with Crippen LogP contribution in [-0.2, 0) is 0 Å². The third kappa shape index (κ3) is 2.25. The van der Waals surface area contributed by atoms with Crippen molar-refractivity contribution >= 4 is 35.0 Å². The summed E-state index contributed by atoms with van der Waals surface area (Å²) in [5.41, 5.74) is 6.77. The quantitative estimate of drug-likeness (QED) is 0.886. The van der Waals surface area contributed by atoms with Crippen molar-refractivity contribution in [2.75, 3.05) is 5.73 Å². The standard InChI is InChI=1S/C12H8Cl2N2O2/c13-9-3-1-2-7(10(9)14)8-4-6(12(17)18)5-16-11(8)15/h1-5H,(H2,15,16)(H,17,18). The molecule has 0 fully saturated rings. The van der Waals surface area contributed by atoms with Gasteiger partial charge in [0.15, 0.2) is 0 Å². The van der Waals surface area contributed by atoms with Crippen LogP contribution in [0.3, 0.4) is 0 Å². The Bertz CT molecular complexity index is 629. The summed E-state index contributed by atoms with van der Waals surface area (Å²) >= 11 is 12.0. The van der Waals surface area contributed by atoms with Gasteiger partial charge in [0.05, 0.1) is 15.6 Å². The number of nitrogens with two attached hydrogens (primary N) is 1. The predicted octanol–water partition coefficient (Wildman–Crippen LogP) is 3.34. The molecule has 0 saturated heterocycles. The average molecular weight is 283 g/mol. The SMILES string of the molecule is Nc1ncc(C(=O)O)cc1-c1cccc(Cl)c1Cl. The van der Waals surface area contributed by atoms with E-state index in [1.165, 1.54) is 12.3 Å². The minimum atomic E-state index is -1.08. The van der Waals surface area contributed by atoms with Crippen molar-refractivity contribution in [2.45, 2.75) is 0 Å². The molecule has 92 valence electrons. The molecule has 1 heterocycles. The second-order valence-corrected chi connectivity index (χ2v) is 4.35. The summed E-state index contributed by atoms with van der Waals surface area (Å²) < 4.78 is 0. The van der Waals surface area contributed by atoms with Crippen molar-refractivity contribution in [3.8, 4) is 11.1 Å². The van der Waals surface area contributed by atoms with Gasteiger partial charge in [0, 0.05) is 17.3 Å².